The molecule has 0 spiro atoms. The minimum absolute atomic E-state index is 0.139. The molecule has 1 unspecified atom stereocenters. The molecule has 0 heterocycles. The quantitative estimate of drug-likeness (QED) is 0.632. The molecule has 2 N–H and O–H groups in total. The summed E-state index contributed by atoms with van der Waals surface area (Å²) in [6.45, 7) is 8.30. The Bertz CT molecular complexity index is 371. The van der Waals surface area contributed by atoms with Crippen LogP contribution in [0.25, 0.3) is 0 Å². The van der Waals surface area contributed by atoms with Gasteiger partial charge in [-0.1, -0.05) is 6.92 Å². The van der Waals surface area contributed by atoms with Crippen LogP contribution in [0.2, 0.25) is 0 Å². The number of hydrogen-bond donors (Lipinski definition) is 2. The van der Waals surface area contributed by atoms with E-state index in [0.717, 1.165) is 13.0 Å². The van der Waals surface area contributed by atoms with Crippen LogP contribution in [0.4, 0.5) is 0 Å². The van der Waals surface area contributed by atoms with E-state index < -0.39 is 20.6 Å². The molecule has 114 valence electrons. The van der Waals surface area contributed by atoms with E-state index in [0.29, 0.717) is 18.9 Å². The fraction of sp³-hybridized carbons (Fsp3) is 0.923. The number of hydrogen-bond acceptors (Lipinski definition) is 4. The standard InChI is InChI=1S/C13H27NO4S/c1-11(5-6-12(15)16)7-8-14-9-10-19(17,18)13(2,3)4/h11,14H,5-10H2,1-4H3,(H,15,16). The molecule has 0 aliphatic heterocycles. The first-order valence-corrected chi connectivity index (χ1v) is 8.36. The van der Waals surface area contributed by atoms with Crippen LogP contribution in [-0.4, -0.2) is 43.1 Å². The zero-order valence-corrected chi connectivity index (χ0v) is 13.2. The summed E-state index contributed by atoms with van der Waals surface area (Å²) in [5, 5.41) is 11.7. The molecule has 0 aliphatic rings. The highest BCUT2D eigenvalue weighted by Crippen LogP contribution is 2.15. The van der Waals surface area contributed by atoms with Crippen molar-refractivity contribution in [2.75, 3.05) is 18.8 Å². The van der Waals surface area contributed by atoms with E-state index in [2.05, 4.69) is 5.32 Å². The second-order valence-electron chi connectivity index (χ2n) is 6.01. The van der Waals surface area contributed by atoms with Crippen molar-refractivity contribution >= 4 is 15.8 Å². The van der Waals surface area contributed by atoms with Gasteiger partial charge in [-0.3, -0.25) is 4.79 Å². The summed E-state index contributed by atoms with van der Waals surface area (Å²) in [6.07, 6.45) is 1.72. The molecule has 0 saturated heterocycles. The van der Waals surface area contributed by atoms with Gasteiger partial charge in [0, 0.05) is 13.0 Å². The third-order valence-corrected chi connectivity index (χ3v) is 5.75. The Hall–Kier alpha value is -0.620. The highest BCUT2D eigenvalue weighted by Gasteiger charge is 2.27. The lowest BCUT2D eigenvalue weighted by atomic mass is 10.0. The van der Waals surface area contributed by atoms with Crippen molar-refractivity contribution in [1.29, 1.82) is 0 Å². The fourth-order valence-electron chi connectivity index (χ4n) is 1.50. The van der Waals surface area contributed by atoms with Gasteiger partial charge in [0.1, 0.15) is 0 Å². The average molecular weight is 293 g/mol. The van der Waals surface area contributed by atoms with Crippen LogP contribution in [0.5, 0.6) is 0 Å². The van der Waals surface area contributed by atoms with E-state index in [1.165, 1.54) is 0 Å². The lowest BCUT2D eigenvalue weighted by molar-refractivity contribution is -0.137. The van der Waals surface area contributed by atoms with Crippen LogP contribution in [0, 0.1) is 5.92 Å². The molecular formula is C13H27NO4S. The summed E-state index contributed by atoms with van der Waals surface area (Å²) in [5.74, 6) is -0.293. The van der Waals surface area contributed by atoms with Gasteiger partial charge in [0.2, 0.25) is 0 Å². The maximum Gasteiger partial charge on any atom is 0.303 e. The maximum atomic E-state index is 11.8. The minimum atomic E-state index is -3.06. The number of carboxylic acids is 1. The van der Waals surface area contributed by atoms with Crippen molar-refractivity contribution in [2.45, 2.75) is 51.7 Å². The largest absolute Gasteiger partial charge is 0.481 e. The molecule has 0 amide bonds. The molecule has 0 saturated carbocycles. The highest BCUT2D eigenvalue weighted by molar-refractivity contribution is 7.92. The van der Waals surface area contributed by atoms with Crippen molar-refractivity contribution in [2.24, 2.45) is 5.92 Å². The van der Waals surface area contributed by atoms with Crippen LogP contribution in [0.3, 0.4) is 0 Å². The van der Waals surface area contributed by atoms with Gasteiger partial charge in [0.25, 0.3) is 0 Å². The van der Waals surface area contributed by atoms with Gasteiger partial charge in [-0.15, -0.1) is 0 Å². The van der Waals surface area contributed by atoms with Gasteiger partial charge >= 0.3 is 5.97 Å². The first-order chi connectivity index (χ1) is 8.56. The van der Waals surface area contributed by atoms with E-state index >= 15 is 0 Å². The topological polar surface area (TPSA) is 83.5 Å². The normalized spacial score (nSPS) is 14.3. The van der Waals surface area contributed by atoms with Crippen molar-refractivity contribution in [3.8, 4) is 0 Å². The monoisotopic (exact) mass is 293 g/mol. The summed E-state index contributed by atoms with van der Waals surface area (Å²) in [6, 6.07) is 0. The number of nitrogens with one attached hydrogen (secondary N) is 1. The molecule has 0 aromatic rings. The molecule has 0 aromatic heterocycles. The summed E-state index contributed by atoms with van der Waals surface area (Å²) in [7, 11) is -3.06. The molecule has 0 rings (SSSR count). The van der Waals surface area contributed by atoms with Gasteiger partial charge in [0.15, 0.2) is 9.84 Å². The predicted octanol–water partition coefficient (Wildman–Crippen LogP) is 1.68. The summed E-state index contributed by atoms with van der Waals surface area (Å²) < 4.78 is 22.9. The fourth-order valence-corrected chi connectivity index (χ4v) is 2.53. The second-order valence-corrected chi connectivity index (χ2v) is 8.87. The Morgan fingerprint density at radius 1 is 1.21 bits per heavy atom. The van der Waals surface area contributed by atoms with Crippen molar-refractivity contribution in [3.05, 3.63) is 0 Å². The first kappa shape index (κ1) is 18.4. The number of carbonyl (C=O) groups is 1. The SMILES string of the molecule is CC(CCNCCS(=O)(=O)C(C)(C)C)CCC(=O)O. The van der Waals surface area contributed by atoms with E-state index in [-0.39, 0.29) is 12.2 Å². The Balaban J connectivity index is 3.74. The maximum absolute atomic E-state index is 11.8. The van der Waals surface area contributed by atoms with Crippen LogP contribution >= 0.6 is 0 Å². The predicted molar refractivity (Wildman–Crippen MR) is 77.1 cm³/mol. The van der Waals surface area contributed by atoms with E-state index in [4.69, 9.17) is 5.11 Å². The van der Waals surface area contributed by atoms with Crippen molar-refractivity contribution in [1.82, 2.24) is 5.32 Å². The summed E-state index contributed by atoms with van der Waals surface area (Å²) >= 11 is 0. The number of carboxylic acid groups (broad SMARTS) is 1. The first-order valence-electron chi connectivity index (χ1n) is 6.71. The molecule has 0 aliphatic carbocycles. The molecule has 1 atom stereocenters. The molecule has 0 bridgehead atoms. The third kappa shape index (κ3) is 8.21. The van der Waals surface area contributed by atoms with E-state index in [9.17, 15) is 13.2 Å². The zero-order valence-electron chi connectivity index (χ0n) is 12.4. The third-order valence-electron chi connectivity index (χ3n) is 3.15. The smallest absolute Gasteiger partial charge is 0.303 e. The average Bonchev–Trinajstić information content (AvgIpc) is 2.24. The number of rotatable bonds is 9. The lowest BCUT2D eigenvalue weighted by Gasteiger charge is -2.19. The Morgan fingerprint density at radius 3 is 2.26 bits per heavy atom. The number of aliphatic carboxylic acids is 1. The van der Waals surface area contributed by atoms with E-state index in [1.54, 1.807) is 20.8 Å². The van der Waals surface area contributed by atoms with E-state index in [1.807, 2.05) is 6.92 Å². The van der Waals surface area contributed by atoms with Gasteiger partial charge in [-0.2, -0.15) is 0 Å². The Morgan fingerprint density at radius 2 is 1.79 bits per heavy atom. The highest BCUT2D eigenvalue weighted by atomic mass is 32.2. The molecule has 19 heavy (non-hydrogen) atoms. The second kappa shape index (κ2) is 7.85. The Labute approximate surface area is 116 Å². The van der Waals surface area contributed by atoms with Crippen LogP contribution < -0.4 is 5.32 Å². The van der Waals surface area contributed by atoms with Crippen molar-refractivity contribution in [3.63, 3.8) is 0 Å². The Kier molecular flexibility index (Phi) is 7.59. The van der Waals surface area contributed by atoms with Gasteiger partial charge in [-0.05, 0) is 46.1 Å². The molecule has 0 fully saturated rings. The zero-order chi connectivity index (χ0) is 15.1. The number of sulfone groups is 1. The molecule has 6 heteroatoms. The van der Waals surface area contributed by atoms with Gasteiger partial charge in [0.05, 0.1) is 10.5 Å². The van der Waals surface area contributed by atoms with Crippen LogP contribution in [-0.2, 0) is 14.6 Å². The summed E-state index contributed by atoms with van der Waals surface area (Å²) in [5.41, 5.74) is 0. The van der Waals surface area contributed by atoms with Gasteiger partial charge in [-0.25, -0.2) is 8.42 Å². The molecule has 0 aromatic carbocycles. The molecular weight excluding hydrogens is 266 g/mol. The van der Waals surface area contributed by atoms with Crippen molar-refractivity contribution < 1.29 is 18.3 Å². The molecule has 0 radical (unpaired) electrons. The van der Waals surface area contributed by atoms with Gasteiger partial charge < -0.3 is 10.4 Å². The minimum Gasteiger partial charge on any atom is -0.481 e. The summed E-state index contributed by atoms with van der Waals surface area (Å²) in [4.78, 5) is 10.4. The molecule has 5 nitrogen and oxygen atoms in total. The lowest BCUT2D eigenvalue weighted by Crippen LogP contribution is -2.35. The van der Waals surface area contributed by atoms with Crippen LogP contribution in [0.15, 0.2) is 0 Å². The van der Waals surface area contributed by atoms with Crippen LogP contribution in [0.1, 0.15) is 47.0 Å².